The van der Waals surface area contributed by atoms with Gasteiger partial charge in [0.15, 0.2) is 0 Å². The highest BCUT2D eigenvalue weighted by Gasteiger charge is 2.62. The van der Waals surface area contributed by atoms with E-state index in [4.69, 9.17) is 0 Å². The van der Waals surface area contributed by atoms with Crippen LogP contribution >= 0.6 is 0 Å². The molecule has 0 aromatic heterocycles. The summed E-state index contributed by atoms with van der Waals surface area (Å²) in [7, 11) is 0. The van der Waals surface area contributed by atoms with Crippen molar-refractivity contribution in [2.24, 2.45) is 10.8 Å². The van der Waals surface area contributed by atoms with Gasteiger partial charge < -0.3 is 20.4 Å². The summed E-state index contributed by atoms with van der Waals surface area (Å²) < 4.78 is 0. The molecule has 0 saturated carbocycles. The number of hydrogen-bond donors (Lipinski definition) is 4. The van der Waals surface area contributed by atoms with Gasteiger partial charge in [0.1, 0.15) is 0 Å². The normalized spacial score (nSPS) is 14.2. The lowest BCUT2D eigenvalue weighted by Crippen LogP contribution is -2.55. The Bertz CT molecular complexity index is 690. The van der Waals surface area contributed by atoms with Crippen LogP contribution < -0.4 is 0 Å². The summed E-state index contributed by atoms with van der Waals surface area (Å²) in [6, 6.07) is 0. The van der Waals surface area contributed by atoms with Crippen LogP contribution in [0.2, 0.25) is 0 Å². The van der Waals surface area contributed by atoms with Crippen LogP contribution in [0.3, 0.4) is 0 Å². The first kappa shape index (κ1) is 39.9. The fraction of sp³-hybridized carbons (Fsp3) is 0.882. The predicted molar refractivity (Wildman–Crippen MR) is 167 cm³/mol. The van der Waals surface area contributed by atoms with Crippen molar-refractivity contribution in [2.75, 3.05) is 0 Å². The zero-order chi connectivity index (χ0) is 31.7. The molecule has 0 aliphatic carbocycles. The second-order valence-electron chi connectivity index (χ2n) is 12.5. The van der Waals surface area contributed by atoms with Crippen molar-refractivity contribution in [3.63, 3.8) is 0 Å². The van der Waals surface area contributed by atoms with Crippen LogP contribution in [-0.2, 0) is 19.2 Å². The van der Waals surface area contributed by atoms with E-state index < -0.39 is 47.5 Å². The van der Waals surface area contributed by atoms with Crippen molar-refractivity contribution in [2.45, 2.75) is 181 Å². The van der Waals surface area contributed by atoms with E-state index >= 15 is 0 Å². The van der Waals surface area contributed by atoms with Gasteiger partial charge in [0, 0.05) is 0 Å². The first-order chi connectivity index (χ1) is 20.1. The topological polar surface area (TPSA) is 149 Å². The Kier molecular flexibility index (Phi) is 23.1. The van der Waals surface area contributed by atoms with Crippen molar-refractivity contribution >= 4 is 23.9 Å². The molecule has 0 aliphatic heterocycles. The van der Waals surface area contributed by atoms with Gasteiger partial charge in [-0.1, -0.05) is 155 Å². The highest BCUT2D eigenvalue weighted by molar-refractivity contribution is 5.92. The lowest BCUT2D eigenvalue weighted by Gasteiger charge is -2.44. The Hall–Kier alpha value is -2.12. The Morgan fingerprint density at radius 1 is 0.381 bits per heavy atom. The molecule has 0 heterocycles. The molecule has 0 rings (SSSR count). The third-order valence-electron chi connectivity index (χ3n) is 9.06. The molecule has 0 aromatic rings. The van der Waals surface area contributed by atoms with Gasteiger partial charge in [0.25, 0.3) is 0 Å². The number of carbonyl (C=O) groups is 4. The Labute approximate surface area is 255 Å². The van der Waals surface area contributed by atoms with Crippen LogP contribution in [0.1, 0.15) is 181 Å². The molecule has 0 saturated heterocycles. The predicted octanol–water partition coefficient (Wildman–Crippen LogP) is 9.48. The van der Waals surface area contributed by atoms with Crippen LogP contribution in [-0.4, -0.2) is 44.3 Å². The minimum Gasteiger partial charge on any atom is -0.481 e. The lowest BCUT2D eigenvalue weighted by molar-refractivity contribution is -0.184. The molecular formula is C34H62O8. The molecule has 0 amide bonds. The van der Waals surface area contributed by atoms with E-state index in [-0.39, 0.29) is 12.8 Å². The van der Waals surface area contributed by atoms with Gasteiger partial charge in [-0.2, -0.15) is 0 Å². The molecule has 2 unspecified atom stereocenters. The first-order valence-electron chi connectivity index (χ1n) is 17.0. The summed E-state index contributed by atoms with van der Waals surface area (Å²) >= 11 is 0. The second-order valence-corrected chi connectivity index (χ2v) is 12.5. The van der Waals surface area contributed by atoms with Crippen LogP contribution in [0.4, 0.5) is 0 Å². The van der Waals surface area contributed by atoms with Gasteiger partial charge in [-0.3, -0.25) is 19.2 Å². The van der Waals surface area contributed by atoms with E-state index in [1.165, 1.54) is 64.2 Å². The van der Waals surface area contributed by atoms with E-state index in [9.17, 15) is 39.6 Å². The van der Waals surface area contributed by atoms with Crippen molar-refractivity contribution in [1.82, 2.24) is 0 Å². The standard InChI is InChI=1S/C34H62O8/c1-3-5-7-9-11-13-15-17-19-21-23-25-33(31(39)40,27-29(35)36)34(32(41)42,28-30(37)38)26-24-22-20-18-16-14-12-10-8-6-4-2/h3-28H2,1-2H3,(H,35,36)(H,37,38)(H,39,40)(H,41,42). The van der Waals surface area contributed by atoms with Gasteiger partial charge in [-0.05, 0) is 12.8 Å². The van der Waals surface area contributed by atoms with Crippen LogP contribution in [0, 0.1) is 10.8 Å². The molecule has 2 atom stereocenters. The van der Waals surface area contributed by atoms with Gasteiger partial charge in [-0.15, -0.1) is 0 Å². The second kappa shape index (κ2) is 24.3. The van der Waals surface area contributed by atoms with Crippen LogP contribution in [0.5, 0.6) is 0 Å². The molecule has 0 fully saturated rings. The third kappa shape index (κ3) is 15.9. The monoisotopic (exact) mass is 598 g/mol. The van der Waals surface area contributed by atoms with E-state index in [0.717, 1.165) is 51.4 Å². The summed E-state index contributed by atoms with van der Waals surface area (Å²) in [6.45, 7) is 4.38. The highest BCUT2D eigenvalue weighted by Crippen LogP contribution is 2.53. The van der Waals surface area contributed by atoms with Gasteiger partial charge in [0.2, 0.25) is 0 Å². The fourth-order valence-electron chi connectivity index (χ4n) is 6.47. The average Bonchev–Trinajstić information content (AvgIpc) is 2.92. The number of unbranched alkanes of at least 4 members (excludes halogenated alkanes) is 20. The quantitative estimate of drug-likeness (QED) is 0.0576. The van der Waals surface area contributed by atoms with Gasteiger partial charge in [-0.25, -0.2) is 0 Å². The molecule has 0 aliphatic rings. The summed E-state index contributed by atoms with van der Waals surface area (Å²) in [5, 5.41) is 40.2. The maximum atomic E-state index is 12.8. The first-order valence-corrected chi connectivity index (χ1v) is 17.0. The van der Waals surface area contributed by atoms with Crippen LogP contribution in [0.25, 0.3) is 0 Å². The minimum atomic E-state index is -2.19. The summed E-state index contributed by atoms with van der Waals surface area (Å²) in [4.78, 5) is 49.4. The molecule has 8 heteroatoms. The van der Waals surface area contributed by atoms with Crippen molar-refractivity contribution in [1.29, 1.82) is 0 Å². The number of hydrogen-bond acceptors (Lipinski definition) is 4. The summed E-state index contributed by atoms with van der Waals surface area (Å²) in [5.41, 5.74) is -4.39. The molecule has 42 heavy (non-hydrogen) atoms. The summed E-state index contributed by atoms with van der Waals surface area (Å²) in [5.74, 6) is -5.89. The fourth-order valence-corrected chi connectivity index (χ4v) is 6.47. The molecule has 0 radical (unpaired) electrons. The SMILES string of the molecule is CCCCCCCCCCCCCC(CC(=O)O)(C(=O)O)C(CCCCCCCCCCCCC)(CC(=O)O)C(=O)O. The molecule has 0 bridgehead atoms. The van der Waals surface area contributed by atoms with E-state index in [2.05, 4.69) is 13.8 Å². The third-order valence-corrected chi connectivity index (χ3v) is 9.06. The zero-order valence-electron chi connectivity index (χ0n) is 26.8. The van der Waals surface area contributed by atoms with Crippen molar-refractivity contribution in [3.05, 3.63) is 0 Å². The van der Waals surface area contributed by atoms with E-state index in [1.807, 2.05) is 0 Å². The number of carboxylic acid groups (broad SMARTS) is 4. The summed E-state index contributed by atoms with van der Waals surface area (Å²) in [6.07, 6.45) is 20.4. The van der Waals surface area contributed by atoms with E-state index in [0.29, 0.717) is 25.7 Å². The average molecular weight is 599 g/mol. The molecule has 4 N–H and O–H groups in total. The van der Waals surface area contributed by atoms with Gasteiger partial charge >= 0.3 is 23.9 Å². The number of carboxylic acids is 4. The maximum Gasteiger partial charge on any atom is 0.311 e. The largest absolute Gasteiger partial charge is 0.481 e. The molecule has 0 spiro atoms. The van der Waals surface area contributed by atoms with Gasteiger partial charge in [0.05, 0.1) is 23.7 Å². The smallest absolute Gasteiger partial charge is 0.311 e. The molecular weight excluding hydrogens is 536 g/mol. The molecule has 8 nitrogen and oxygen atoms in total. The molecule has 246 valence electrons. The lowest BCUT2D eigenvalue weighted by atomic mass is 9.55. The van der Waals surface area contributed by atoms with Crippen molar-refractivity contribution in [3.8, 4) is 0 Å². The van der Waals surface area contributed by atoms with Crippen LogP contribution in [0.15, 0.2) is 0 Å². The molecule has 0 aromatic carbocycles. The Morgan fingerprint density at radius 2 is 0.595 bits per heavy atom. The Balaban J connectivity index is 5.26. The number of rotatable bonds is 31. The Morgan fingerprint density at radius 3 is 0.786 bits per heavy atom. The van der Waals surface area contributed by atoms with E-state index in [1.54, 1.807) is 0 Å². The maximum absolute atomic E-state index is 12.8. The van der Waals surface area contributed by atoms with Crippen molar-refractivity contribution < 1.29 is 39.6 Å². The minimum absolute atomic E-state index is 0.163. The zero-order valence-corrected chi connectivity index (χ0v) is 26.8. The highest BCUT2D eigenvalue weighted by atomic mass is 16.4. The number of aliphatic carboxylic acids is 4.